The first-order valence-electron chi connectivity index (χ1n) is 8.92. The summed E-state index contributed by atoms with van der Waals surface area (Å²) in [6.07, 6.45) is 0. The monoisotopic (exact) mass is 380 g/mol. The zero-order valence-corrected chi connectivity index (χ0v) is 16.9. The van der Waals surface area contributed by atoms with E-state index in [9.17, 15) is 4.79 Å². The van der Waals surface area contributed by atoms with Crippen LogP contribution in [0.2, 0.25) is 0 Å². The van der Waals surface area contributed by atoms with Crippen molar-refractivity contribution in [2.75, 3.05) is 5.32 Å². The predicted octanol–water partition coefficient (Wildman–Crippen LogP) is 4.37. The highest BCUT2D eigenvalue weighted by molar-refractivity contribution is 8.00. The molecule has 5 nitrogen and oxygen atoms in total. The van der Waals surface area contributed by atoms with Gasteiger partial charge in [0.1, 0.15) is 5.82 Å². The Bertz CT molecular complexity index is 937. The Hall–Kier alpha value is -2.60. The Morgan fingerprint density at radius 3 is 2.56 bits per heavy atom. The van der Waals surface area contributed by atoms with Crippen molar-refractivity contribution >= 4 is 23.4 Å². The summed E-state index contributed by atoms with van der Waals surface area (Å²) in [4.78, 5) is 12.6. The van der Waals surface area contributed by atoms with Gasteiger partial charge in [-0.25, -0.2) is 0 Å². The lowest BCUT2D eigenvalue weighted by molar-refractivity contribution is -0.115. The first kappa shape index (κ1) is 19.2. The largest absolute Gasteiger partial charge is 0.325 e. The van der Waals surface area contributed by atoms with Crippen LogP contribution in [0.25, 0.3) is 0 Å². The molecule has 140 valence electrons. The smallest absolute Gasteiger partial charge is 0.237 e. The Labute approximate surface area is 164 Å². The van der Waals surface area contributed by atoms with E-state index in [1.165, 1.54) is 22.9 Å². The minimum Gasteiger partial charge on any atom is -0.325 e. The normalized spacial score (nSPS) is 12.0. The number of rotatable bonds is 6. The van der Waals surface area contributed by atoms with Crippen LogP contribution in [0.4, 0.5) is 5.69 Å². The van der Waals surface area contributed by atoms with Crippen molar-refractivity contribution in [2.24, 2.45) is 0 Å². The molecule has 1 aromatic heterocycles. The SMILES string of the molecule is Cc1ccc(NC(=O)C(C)Sc2nnc(C)n2Cc2ccccc2)c(C)c1. The second-order valence-electron chi connectivity index (χ2n) is 6.67. The molecule has 0 bridgehead atoms. The average molecular weight is 381 g/mol. The van der Waals surface area contributed by atoms with Crippen LogP contribution in [-0.2, 0) is 11.3 Å². The third kappa shape index (κ3) is 4.77. The van der Waals surface area contributed by atoms with Gasteiger partial charge in [-0.05, 0) is 44.9 Å². The number of thioether (sulfide) groups is 1. The van der Waals surface area contributed by atoms with Gasteiger partial charge in [0.2, 0.25) is 5.91 Å². The van der Waals surface area contributed by atoms with E-state index in [0.29, 0.717) is 6.54 Å². The summed E-state index contributed by atoms with van der Waals surface area (Å²) in [6, 6.07) is 16.2. The van der Waals surface area contributed by atoms with Crippen LogP contribution in [0.5, 0.6) is 0 Å². The fraction of sp³-hybridized carbons (Fsp3) is 0.286. The molecule has 0 aliphatic heterocycles. The number of carbonyl (C=O) groups is 1. The van der Waals surface area contributed by atoms with Crippen molar-refractivity contribution in [3.63, 3.8) is 0 Å². The summed E-state index contributed by atoms with van der Waals surface area (Å²) >= 11 is 1.42. The maximum absolute atomic E-state index is 12.6. The minimum atomic E-state index is -0.288. The standard InChI is InChI=1S/C21H24N4OS/c1-14-10-11-19(15(2)12-14)22-20(26)16(3)27-21-24-23-17(4)25(21)13-18-8-6-5-7-9-18/h5-12,16H,13H2,1-4H3,(H,22,26). The number of benzene rings is 2. The van der Waals surface area contributed by atoms with Crippen molar-refractivity contribution in [3.8, 4) is 0 Å². The van der Waals surface area contributed by atoms with Gasteiger partial charge in [-0.2, -0.15) is 0 Å². The van der Waals surface area contributed by atoms with E-state index >= 15 is 0 Å². The van der Waals surface area contributed by atoms with Crippen molar-refractivity contribution in [1.29, 1.82) is 0 Å². The number of carbonyl (C=O) groups excluding carboxylic acids is 1. The van der Waals surface area contributed by atoms with E-state index in [1.807, 2.05) is 62.6 Å². The second-order valence-corrected chi connectivity index (χ2v) is 7.98. The molecule has 0 aliphatic carbocycles. The van der Waals surface area contributed by atoms with E-state index in [-0.39, 0.29) is 11.2 Å². The Balaban J connectivity index is 1.70. The molecule has 0 aliphatic rings. The summed E-state index contributed by atoms with van der Waals surface area (Å²) < 4.78 is 2.04. The van der Waals surface area contributed by atoms with Crippen molar-refractivity contribution in [2.45, 2.75) is 44.6 Å². The number of anilines is 1. The van der Waals surface area contributed by atoms with Gasteiger partial charge >= 0.3 is 0 Å². The van der Waals surface area contributed by atoms with Gasteiger partial charge < -0.3 is 9.88 Å². The lowest BCUT2D eigenvalue weighted by atomic mass is 10.1. The van der Waals surface area contributed by atoms with Crippen LogP contribution < -0.4 is 5.32 Å². The minimum absolute atomic E-state index is 0.0427. The van der Waals surface area contributed by atoms with Crippen LogP contribution in [0.3, 0.4) is 0 Å². The lowest BCUT2D eigenvalue weighted by Crippen LogP contribution is -2.23. The fourth-order valence-corrected chi connectivity index (χ4v) is 3.69. The van der Waals surface area contributed by atoms with Crippen LogP contribution in [0, 0.1) is 20.8 Å². The molecule has 0 saturated heterocycles. The first-order chi connectivity index (χ1) is 12.9. The molecule has 1 heterocycles. The summed E-state index contributed by atoms with van der Waals surface area (Å²) in [7, 11) is 0. The molecule has 1 unspecified atom stereocenters. The number of nitrogens with one attached hydrogen (secondary N) is 1. The van der Waals surface area contributed by atoms with Gasteiger partial charge in [0.15, 0.2) is 5.16 Å². The van der Waals surface area contributed by atoms with Crippen molar-refractivity contribution in [3.05, 3.63) is 71.0 Å². The molecule has 6 heteroatoms. The molecule has 3 rings (SSSR count). The molecule has 3 aromatic rings. The van der Waals surface area contributed by atoms with Crippen LogP contribution >= 0.6 is 11.8 Å². The summed E-state index contributed by atoms with van der Waals surface area (Å²) in [6.45, 7) is 8.55. The maximum atomic E-state index is 12.6. The molecular weight excluding hydrogens is 356 g/mol. The van der Waals surface area contributed by atoms with Gasteiger partial charge in [0.25, 0.3) is 0 Å². The molecule has 0 saturated carbocycles. The van der Waals surface area contributed by atoms with Crippen molar-refractivity contribution in [1.82, 2.24) is 14.8 Å². The molecule has 1 N–H and O–H groups in total. The van der Waals surface area contributed by atoms with Gasteiger partial charge in [-0.15, -0.1) is 10.2 Å². The quantitative estimate of drug-likeness (QED) is 0.645. The van der Waals surface area contributed by atoms with E-state index in [2.05, 4.69) is 33.7 Å². The van der Waals surface area contributed by atoms with Crippen molar-refractivity contribution < 1.29 is 4.79 Å². The molecular formula is C21H24N4OS. The highest BCUT2D eigenvalue weighted by Crippen LogP contribution is 2.25. The first-order valence-corrected chi connectivity index (χ1v) is 9.80. The zero-order chi connectivity index (χ0) is 19.4. The fourth-order valence-electron chi connectivity index (χ4n) is 2.80. The molecule has 0 radical (unpaired) electrons. The zero-order valence-electron chi connectivity index (χ0n) is 16.1. The number of aryl methyl sites for hydroxylation is 3. The number of hydrogen-bond donors (Lipinski definition) is 1. The average Bonchev–Trinajstić information content (AvgIpc) is 2.98. The number of aromatic nitrogens is 3. The summed E-state index contributed by atoms with van der Waals surface area (Å²) in [5.74, 6) is 0.794. The Morgan fingerprint density at radius 1 is 1.11 bits per heavy atom. The number of hydrogen-bond acceptors (Lipinski definition) is 4. The van der Waals surface area contributed by atoms with Gasteiger partial charge in [0.05, 0.1) is 11.8 Å². The third-order valence-corrected chi connectivity index (χ3v) is 5.46. The third-order valence-electron chi connectivity index (χ3n) is 4.38. The number of nitrogens with zero attached hydrogens (tertiary/aromatic N) is 3. The maximum Gasteiger partial charge on any atom is 0.237 e. The molecule has 1 atom stereocenters. The van der Waals surface area contributed by atoms with Crippen LogP contribution in [0.1, 0.15) is 29.4 Å². The topological polar surface area (TPSA) is 59.8 Å². The predicted molar refractivity (Wildman–Crippen MR) is 110 cm³/mol. The van der Waals surface area contributed by atoms with Crippen LogP contribution in [-0.4, -0.2) is 25.9 Å². The molecule has 27 heavy (non-hydrogen) atoms. The molecule has 0 spiro atoms. The molecule has 0 fully saturated rings. The molecule has 1 amide bonds. The van der Waals surface area contributed by atoms with E-state index in [0.717, 1.165) is 22.2 Å². The van der Waals surface area contributed by atoms with Gasteiger partial charge in [-0.3, -0.25) is 4.79 Å². The van der Waals surface area contributed by atoms with Gasteiger partial charge in [0, 0.05) is 5.69 Å². The van der Waals surface area contributed by atoms with E-state index in [1.54, 1.807) is 0 Å². The van der Waals surface area contributed by atoms with Crippen LogP contribution in [0.15, 0.2) is 53.7 Å². The Morgan fingerprint density at radius 2 is 1.85 bits per heavy atom. The highest BCUT2D eigenvalue weighted by atomic mass is 32.2. The number of amides is 1. The van der Waals surface area contributed by atoms with Gasteiger partial charge in [-0.1, -0.05) is 59.8 Å². The van der Waals surface area contributed by atoms with E-state index in [4.69, 9.17) is 0 Å². The van der Waals surface area contributed by atoms with E-state index < -0.39 is 0 Å². The highest BCUT2D eigenvalue weighted by Gasteiger charge is 2.20. The summed E-state index contributed by atoms with van der Waals surface area (Å²) in [5, 5.41) is 11.9. The second kappa shape index (κ2) is 8.39. The lowest BCUT2D eigenvalue weighted by Gasteiger charge is -2.14. The Kier molecular flexibility index (Phi) is 5.96. The molecule has 2 aromatic carbocycles. The summed E-state index contributed by atoms with van der Waals surface area (Å²) in [5.41, 5.74) is 4.26.